The SMILES string of the molecule is CCc1noc(C(=O)N2CCCC2)n1. The number of likely N-dealkylation sites (tertiary alicyclic amines) is 1. The Morgan fingerprint density at radius 2 is 2.21 bits per heavy atom. The fourth-order valence-corrected chi connectivity index (χ4v) is 1.54. The third-order valence-electron chi connectivity index (χ3n) is 2.36. The number of nitrogens with zero attached hydrogens (tertiary/aromatic N) is 3. The number of aromatic nitrogens is 2. The highest BCUT2D eigenvalue weighted by atomic mass is 16.5. The number of amides is 1. The van der Waals surface area contributed by atoms with Crippen molar-refractivity contribution in [3.05, 3.63) is 11.7 Å². The average molecular weight is 195 g/mol. The first-order valence-electron chi connectivity index (χ1n) is 4.93. The maximum Gasteiger partial charge on any atom is 0.316 e. The van der Waals surface area contributed by atoms with Crippen molar-refractivity contribution < 1.29 is 9.32 Å². The highest BCUT2D eigenvalue weighted by molar-refractivity contribution is 5.89. The number of carbonyl (C=O) groups is 1. The first-order chi connectivity index (χ1) is 6.81. The summed E-state index contributed by atoms with van der Waals surface area (Å²) in [6.07, 6.45) is 2.83. The number of hydrogen-bond donors (Lipinski definition) is 0. The summed E-state index contributed by atoms with van der Waals surface area (Å²) in [5, 5.41) is 3.69. The molecule has 0 aliphatic carbocycles. The minimum atomic E-state index is -0.130. The molecule has 14 heavy (non-hydrogen) atoms. The summed E-state index contributed by atoms with van der Waals surface area (Å²) in [5.41, 5.74) is 0. The van der Waals surface area contributed by atoms with E-state index in [1.807, 2.05) is 6.92 Å². The largest absolute Gasteiger partial charge is 0.334 e. The molecular weight excluding hydrogens is 182 g/mol. The van der Waals surface area contributed by atoms with Gasteiger partial charge in [0, 0.05) is 19.5 Å². The van der Waals surface area contributed by atoms with Crippen LogP contribution in [0.3, 0.4) is 0 Å². The standard InChI is InChI=1S/C9H13N3O2/c1-2-7-10-8(14-11-7)9(13)12-5-3-4-6-12/h2-6H2,1H3. The van der Waals surface area contributed by atoms with Gasteiger partial charge in [0.15, 0.2) is 5.82 Å². The van der Waals surface area contributed by atoms with E-state index in [1.54, 1.807) is 4.90 Å². The molecule has 0 spiro atoms. The second kappa shape index (κ2) is 3.77. The summed E-state index contributed by atoms with van der Waals surface area (Å²) in [4.78, 5) is 17.5. The van der Waals surface area contributed by atoms with Gasteiger partial charge in [-0.25, -0.2) is 0 Å². The molecule has 0 aromatic carbocycles. The van der Waals surface area contributed by atoms with Crippen molar-refractivity contribution in [2.24, 2.45) is 0 Å². The molecule has 0 unspecified atom stereocenters. The summed E-state index contributed by atoms with van der Waals surface area (Å²) in [7, 11) is 0. The molecule has 1 amide bonds. The quantitative estimate of drug-likeness (QED) is 0.702. The van der Waals surface area contributed by atoms with Crippen molar-refractivity contribution in [1.82, 2.24) is 15.0 Å². The van der Waals surface area contributed by atoms with Gasteiger partial charge < -0.3 is 9.42 Å². The van der Waals surface area contributed by atoms with Crippen molar-refractivity contribution in [1.29, 1.82) is 0 Å². The summed E-state index contributed by atoms with van der Waals surface area (Å²) in [6.45, 7) is 3.54. The Bertz CT molecular complexity index is 329. The molecule has 2 rings (SSSR count). The van der Waals surface area contributed by atoms with Crippen LogP contribution in [0.1, 0.15) is 36.3 Å². The van der Waals surface area contributed by atoms with Crippen molar-refractivity contribution in [3.63, 3.8) is 0 Å². The lowest BCUT2D eigenvalue weighted by molar-refractivity contribution is 0.0743. The van der Waals surface area contributed by atoms with Crippen LogP contribution in [0.4, 0.5) is 0 Å². The average Bonchev–Trinajstić information content (AvgIpc) is 2.88. The van der Waals surface area contributed by atoms with Gasteiger partial charge in [-0.1, -0.05) is 12.1 Å². The topological polar surface area (TPSA) is 59.2 Å². The molecule has 1 fully saturated rings. The second-order valence-electron chi connectivity index (χ2n) is 3.37. The van der Waals surface area contributed by atoms with Crippen LogP contribution in [0, 0.1) is 0 Å². The predicted octanol–water partition coefficient (Wildman–Crippen LogP) is 0.868. The Morgan fingerprint density at radius 1 is 1.50 bits per heavy atom. The van der Waals surface area contributed by atoms with E-state index in [1.165, 1.54) is 0 Å². The molecule has 1 aromatic heterocycles. The summed E-state index contributed by atoms with van der Waals surface area (Å²) in [6, 6.07) is 0. The van der Waals surface area contributed by atoms with Crippen molar-refractivity contribution in [2.45, 2.75) is 26.2 Å². The van der Waals surface area contributed by atoms with Crippen LogP contribution in [0.5, 0.6) is 0 Å². The lowest BCUT2D eigenvalue weighted by Crippen LogP contribution is -2.27. The highest BCUT2D eigenvalue weighted by Crippen LogP contribution is 2.11. The Kier molecular flexibility index (Phi) is 2.47. The molecule has 5 nitrogen and oxygen atoms in total. The van der Waals surface area contributed by atoms with E-state index in [2.05, 4.69) is 10.1 Å². The van der Waals surface area contributed by atoms with Gasteiger partial charge in [0.1, 0.15) is 0 Å². The highest BCUT2D eigenvalue weighted by Gasteiger charge is 2.24. The lowest BCUT2D eigenvalue weighted by Gasteiger charge is -2.10. The van der Waals surface area contributed by atoms with Crippen LogP contribution in [-0.2, 0) is 6.42 Å². The van der Waals surface area contributed by atoms with Gasteiger partial charge in [-0.05, 0) is 12.8 Å². The molecule has 0 N–H and O–H groups in total. The van der Waals surface area contributed by atoms with E-state index in [4.69, 9.17) is 4.52 Å². The molecule has 2 heterocycles. The van der Waals surface area contributed by atoms with E-state index in [0.717, 1.165) is 25.9 Å². The van der Waals surface area contributed by atoms with Crippen molar-refractivity contribution in [3.8, 4) is 0 Å². The molecule has 0 radical (unpaired) electrons. The zero-order valence-electron chi connectivity index (χ0n) is 8.19. The van der Waals surface area contributed by atoms with Gasteiger partial charge in [0.2, 0.25) is 0 Å². The number of carbonyl (C=O) groups excluding carboxylic acids is 1. The molecule has 0 atom stereocenters. The lowest BCUT2D eigenvalue weighted by atomic mass is 10.4. The number of aryl methyl sites for hydroxylation is 1. The van der Waals surface area contributed by atoms with Crippen LogP contribution < -0.4 is 0 Å². The molecule has 1 aromatic rings. The maximum absolute atomic E-state index is 11.7. The van der Waals surface area contributed by atoms with Gasteiger partial charge in [-0.2, -0.15) is 4.98 Å². The van der Waals surface area contributed by atoms with Gasteiger partial charge in [0.05, 0.1) is 0 Å². The van der Waals surface area contributed by atoms with Crippen molar-refractivity contribution >= 4 is 5.91 Å². The number of rotatable bonds is 2. The van der Waals surface area contributed by atoms with Crippen LogP contribution in [-0.4, -0.2) is 34.0 Å². The van der Waals surface area contributed by atoms with E-state index in [9.17, 15) is 4.79 Å². The number of hydrogen-bond acceptors (Lipinski definition) is 4. The third kappa shape index (κ3) is 1.62. The fourth-order valence-electron chi connectivity index (χ4n) is 1.54. The van der Waals surface area contributed by atoms with Crippen LogP contribution in [0.25, 0.3) is 0 Å². The van der Waals surface area contributed by atoms with Crippen molar-refractivity contribution in [2.75, 3.05) is 13.1 Å². The Labute approximate surface area is 82.1 Å². The zero-order chi connectivity index (χ0) is 9.97. The molecule has 0 bridgehead atoms. The molecule has 1 saturated heterocycles. The van der Waals surface area contributed by atoms with Crippen LogP contribution in [0.15, 0.2) is 4.52 Å². The Hall–Kier alpha value is -1.39. The van der Waals surface area contributed by atoms with Gasteiger partial charge >= 0.3 is 11.8 Å². The first-order valence-corrected chi connectivity index (χ1v) is 4.93. The normalized spacial score (nSPS) is 16.2. The molecule has 76 valence electrons. The van der Waals surface area contributed by atoms with Gasteiger partial charge in [-0.3, -0.25) is 4.79 Å². The minimum absolute atomic E-state index is 0.128. The monoisotopic (exact) mass is 195 g/mol. The van der Waals surface area contributed by atoms with Crippen LogP contribution in [0.2, 0.25) is 0 Å². The van der Waals surface area contributed by atoms with E-state index in [-0.39, 0.29) is 11.8 Å². The molecular formula is C9H13N3O2. The van der Waals surface area contributed by atoms with Gasteiger partial charge in [0.25, 0.3) is 0 Å². The summed E-state index contributed by atoms with van der Waals surface area (Å²) in [5.74, 6) is 0.589. The smallest absolute Gasteiger partial charge is 0.316 e. The summed E-state index contributed by atoms with van der Waals surface area (Å²) < 4.78 is 4.88. The maximum atomic E-state index is 11.7. The second-order valence-corrected chi connectivity index (χ2v) is 3.37. The van der Waals surface area contributed by atoms with E-state index < -0.39 is 0 Å². The van der Waals surface area contributed by atoms with E-state index >= 15 is 0 Å². The Balaban J connectivity index is 2.09. The molecule has 5 heteroatoms. The minimum Gasteiger partial charge on any atom is -0.334 e. The summed E-state index contributed by atoms with van der Waals surface area (Å²) >= 11 is 0. The van der Waals surface area contributed by atoms with Gasteiger partial charge in [-0.15, -0.1) is 0 Å². The Morgan fingerprint density at radius 3 is 2.79 bits per heavy atom. The zero-order valence-corrected chi connectivity index (χ0v) is 8.19. The van der Waals surface area contributed by atoms with Crippen LogP contribution >= 0.6 is 0 Å². The molecule has 1 aliphatic rings. The van der Waals surface area contributed by atoms with E-state index in [0.29, 0.717) is 12.2 Å². The molecule has 0 saturated carbocycles. The fraction of sp³-hybridized carbons (Fsp3) is 0.667. The first kappa shape index (κ1) is 9.18. The third-order valence-corrected chi connectivity index (χ3v) is 2.36. The predicted molar refractivity (Wildman–Crippen MR) is 48.8 cm³/mol. The molecule has 1 aliphatic heterocycles.